The summed E-state index contributed by atoms with van der Waals surface area (Å²) in [6.07, 6.45) is 0. The van der Waals surface area contributed by atoms with Crippen LogP contribution in [0.5, 0.6) is 0 Å². The van der Waals surface area contributed by atoms with Gasteiger partial charge in [-0.1, -0.05) is 12.1 Å². The van der Waals surface area contributed by atoms with Gasteiger partial charge >= 0.3 is 5.97 Å². The minimum Gasteiger partial charge on any atom is -0.478 e. The largest absolute Gasteiger partial charge is 0.478 e. The van der Waals surface area contributed by atoms with E-state index in [1.54, 1.807) is 31.5 Å². The fourth-order valence-electron chi connectivity index (χ4n) is 1.94. The Bertz CT molecular complexity index is 649. The maximum atomic E-state index is 14.3. The molecule has 0 aliphatic carbocycles. The molecule has 0 unspecified atom stereocenters. The van der Waals surface area contributed by atoms with Gasteiger partial charge in [-0.05, 0) is 25.0 Å². The zero-order chi connectivity index (χ0) is 14.2. The van der Waals surface area contributed by atoms with Crippen molar-refractivity contribution in [3.05, 3.63) is 40.0 Å². The van der Waals surface area contributed by atoms with Crippen LogP contribution in [0.1, 0.15) is 21.5 Å². The number of hydrogen-bond acceptors (Lipinski definition) is 3. The minimum absolute atomic E-state index is 0.120. The summed E-state index contributed by atoms with van der Waals surface area (Å²) < 4.78 is 14.3. The number of carboxylic acid groups (broad SMARTS) is 1. The standard InChI is InChI=1S/C14H14FNO2S/c1-7-4-5-9(12(15)8(7)2)10-6-19-13(16-3)11(10)14(17)18/h4-6,16H,1-3H3,(H,17,18). The summed E-state index contributed by atoms with van der Waals surface area (Å²) in [5.74, 6) is -1.42. The lowest BCUT2D eigenvalue weighted by Gasteiger charge is -2.08. The van der Waals surface area contributed by atoms with Crippen LogP contribution >= 0.6 is 11.3 Å². The highest BCUT2D eigenvalue weighted by Crippen LogP contribution is 2.37. The normalized spacial score (nSPS) is 10.5. The zero-order valence-electron chi connectivity index (χ0n) is 10.9. The van der Waals surface area contributed by atoms with Crippen LogP contribution in [-0.4, -0.2) is 18.1 Å². The first-order valence-electron chi connectivity index (χ1n) is 5.76. The molecule has 1 aromatic carbocycles. The van der Waals surface area contributed by atoms with E-state index in [0.717, 1.165) is 5.56 Å². The van der Waals surface area contributed by atoms with Crippen molar-refractivity contribution in [2.24, 2.45) is 0 Å². The summed E-state index contributed by atoms with van der Waals surface area (Å²) in [6, 6.07) is 3.43. The molecule has 0 atom stereocenters. The maximum Gasteiger partial charge on any atom is 0.339 e. The molecule has 0 saturated heterocycles. The zero-order valence-corrected chi connectivity index (χ0v) is 11.7. The highest BCUT2D eigenvalue weighted by Gasteiger charge is 2.21. The molecule has 0 aliphatic heterocycles. The molecular formula is C14H14FNO2S. The molecule has 5 heteroatoms. The summed E-state index contributed by atoms with van der Waals surface area (Å²) in [5.41, 5.74) is 2.27. The Kier molecular flexibility index (Phi) is 3.57. The van der Waals surface area contributed by atoms with Gasteiger partial charge in [0.1, 0.15) is 16.4 Å². The molecule has 0 fully saturated rings. The monoisotopic (exact) mass is 279 g/mol. The number of hydrogen-bond donors (Lipinski definition) is 2. The van der Waals surface area contributed by atoms with Gasteiger partial charge in [-0.3, -0.25) is 0 Å². The molecule has 2 rings (SSSR count). The van der Waals surface area contributed by atoms with Crippen LogP contribution in [0.4, 0.5) is 9.39 Å². The summed E-state index contributed by atoms with van der Waals surface area (Å²) >= 11 is 1.26. The highest BCUT2D eigenvalue weighted by molar-refractivity contribution is 7.15. The third-order valence-corrected chi connectivity index (χ3v) is 4.18. The predicted molar refractivity (Wildman–Crippen MR) is 75.7 cm³/mol. The Hall–Kier alpha value is -1.88. The Morgan fingerprint density at radius 1 is 1.32 bits per heavy atom. The summed E-state index contributed by atoms with van der Waals surface area (Å²) in [7, 11) is 1.65. The Morgan fingerprint density at radius 2 is 2.00 bits per heavy atom. The topological polar surface area (TPSA) is 49.3 Å². The summed E-state index contributed by atoms with van der Waals surface area (Å²) in [4.78, 5) is 11.3. The van der Waals surface area contributed by atoms with Crippen LogP contribution in [0.2, 0.25) is 0 Å². The van der Waals surface area contributed by atoms with Crippen LogP contribution < -0.4 is 5.32 Å². The second kappa shape index (κ2) is 5.01. The minimum atomic E-state index is -1.06. The lowest BCUT2D eigenvalue weighted by atomic mass is 9.98. The second-order valence-electron chi connectivity index (χ2n) is 4.28. The van der Waals surface area contributed by atoms with E-state index in [9.17, 15) is 14.3 Å². The number of halogens is 1. The summed E-state index contributed by atoms with van der Waals surface area (Å²) in [5, 5.41) is 14.3. The van der Waals surface area contributed by atoms with Crippen molar-refractivity contribution in [3.63, 3.8) is 0 Å². The molecule has 19 heavy (non-hydrogen) atoms. The van der Waals surface area contributed by atoms with Crippen molar-refractivity contribution in [1.82, 2.24) is 0 Å². The fourth-order valence-corrected chi connectivity index (χ4v) is 2.86. The van der Waals surface area contributed by atoms with Gasteiger partial charge in [-0.2, -0.15) is 0 Å². The average molecular weight is 279 g/mol. The molecule has 0 saturated carbocycles. The fraction of sp³-hybridized carbons (Fsp3) is 0.214. The molecule has 0 amide bonds. The number of carbonyl (C=O) groups is 1. The molecule has 0 bridgehead atoms. The molecule has 0 spiro atoms. The Labute approximate surface area is 114 Å². The lowest BCUT2D eigenvalue weighted by Crippen LogP contribution is -2.02. The molecule has 1 heterocycles. The molecule has 2 aromatic rings. The Morgan fingerprint density at radius 3 is 2.58 bits per heavy atom. The van der Waals surface area contributed by atoms with Gasteiger partial charge in [0, 0.05) is 23.6 Å². The van der Waals surface area contributed by atoms with E-state index in [1.165, 1.54) is 11.3 Å². The lowest BCUT2D eigenvalue weighted by molar-refractivity contribution is 0.0699. The number of aromatic carboxylic acids is 1. The van der Waals surface area contributed by atoms with E-state index in [-0.39, 0.29) is 11.4 Å². The number of nitrogens with one attached hydrogen (secondary N) is 1. The van der Waals surface area contributed by atoms with Gasteiger partial charge in [-0.15, -0.1) is 11.3 Å². The number of rotatable bonds is 3. The third kappa shape index (κ3) is 2.21. The van der Waals surface area contributed by atoms with Crippen molar-refractivity contribution >= 4 is 22.3 Å². The van der Waals surface area contributed by atoms with E-state index < -0.39 is 5.97 Å². The predicted octanol–water partition coefficient (Wildman–Crippen LogP) is 3.91. The maximum absolute atomic E-state index is 14.3. The molecule has 0 aliphatic rings. The average Bonchev–Trinajstić information content (AvgIpc) is 2.80. The number of benzene rings is 1. The van der Waals surface area contributed by atoms with Gasteiger partial charge in [0.05, 0.1) is 0 Å². The van der Waals surface area contributed by atoms with Gasteiger partial charge < -0.3 is 10.4 Å². The molecule has 2 N–H and O–H groups in total. The van der Waals surface area contributed by atoms with E-state index >= 15 is 0 Å². The summed E-state index contributed by atoms with van der Waals surface area (Å²) in [6.45, 7) is 3.52. The number of thiophene rings is 1. The highest BCUT2D eigenvalue weighted by atomic mass is 32.1. The van der Waals surface area contributed by atoms with E-state index in [1.807, 2.05) is 6.92 Å². The van der Waals surface area contributed by atoms with Crippen LogP contribution in [0, 0.1) is 19.7 Å². The van der Waals surface area contributed by atoms with E-state index in [0.29, 0.717) is 21.7 Å². The molecule has 100 valence electrons. The van der Waals surface area contributed by atoms with Crippen molar-refractivity contribution in [3.8, 4) is 11.1 Å². The SMILES string of the molecule is CNc1scc(-c2ccc(C)c(C)c2F)c1C(=O)O. The van der Waals surface area contributed by atoms with Crippen molar-refractivity contribution in [1.29, 1.82) is 0 Å². The second-order valence-corrected chi connectivity index (χ2v) is 5.16. The van der Waals surface area contributed by atoms with Crippen LogP contribution in [0.15, 0.2) is 17.5 Å². The Balaban J connectivity index is 2.70. The van der Waals surface area contributed by atoms with Gasteiger partial charge in [-0.25, -0.2) is 9.18 Å². The first-order valence-corrected chi connectivity index (χ1v) is 6.64. The van der Waals surface area contributed by atoms with Crippen LogP contribution in [0.3, 0.4) is 0 Å². The first-order chi connectivity index (χ1) is 8.97. The van der Waals surface area contributed by atoms with E-state index in [2.05, 4.69) is 5.32 Å². The number of aryl methyl sites for hydroxylation is 1. The van der Waals surface area contributed by atoms with Crippen molar-refractivity contribution < 1.29 is 14.3 Å². The van der Waals surface area contributed by atoms with E-state index in [4.69, 9.17) is 0 Å². The quantitative estimate of drug-likeness (QED) is 0.895. The number of carboxylic acids is 1. The first kappa shape index (κ1) is 13.5. The van der Waals surface area contributed by atoms with Crippen molar-refractivity contribution in [2.75, 3.05) is 12.4 Å². The molecule has 1 aromatic heterocycles. The molecule has 3 nitrogen and oxygen atoms in total. The molecular weight excluding hydrogens is 265 g/mol. The van der Waals surface area contributed by atoms with Gasteiger partial charge in [0.2, 0.25) is 0 Å². The van der Waals surface area contributed by atoms with Crippen molar-refractivity contribution in [2.45, 2.75) is 13.8 Å². The van der Waals surface area contributed by atoms with Gasteiger partial charge in [0.25, 0.3) is 0 Å². The third-order valence-electron chi connectivity index (χ3n) is 3.18. The number of anilines is 1. The van der Waals surface area contributed by atoms with Gasteiger partial charge in [0.15, 0.2) is 0 Å². The van der Waals surface area contributed by atoms with Crippen LogP contribution in [0.25, 0.3) is 11.1 Å². The van der Waals surface area contributed by atoms with Crippen LogP contribution in [-0.2, 0) is 0 Å². The smallest absolute Gasteiger partial charge is 0.339 e. The molecule has 0 radical (unpaired) electrons.